The van der Waals surface area contributed by atoms with Crippen LogP contribution >= 0.6 is 11.6 Å². The summed E-state index contributed by atoms with van der Waals surface area (Å²) >= 11 is 6.03. The first-order valence-corrected chi connectivity index (χ1v) is 15.1. The quantitative estimate of drug-likeness (QED) is 0.282. The summed E-state index contributed by atoms with van der Waals surface area (Å²) in [6.07, 6.45) is 0.699. The molecule has 0 radical (unpaired) electrons. The third kappa shape index (κ3) is 8.43. The Bertz CT molecular complexity index is 1420. The Morgan fingerprint density at radius 1 is 0.951 bits per heavy atom. The molecule has 11 heteroatoms. The van der Waals surface area contributed by atoms with Crippen LogP contribution < -0.4 is 14.4 Å². The number of ether oxygens (including phenoxy) is 1. The van der Waals surface area contributed by atoms with Gasteiger partial charge in [0.25, 0.3) is 10.0 Å². The molecule has 0 heterocycles. The monoisotopic (exact) mass is 603 g/mol. The van der Waals surface area contributed by atoms with E-state index in [0.717, 1.165) is 28.6 Å². The van der Waals surface area contributed by atoms with Crippen molar-refractivity contribution < 1.29 is 27.1 Å². The SMILES string of the molecule is CCOc1ccc(N(CC(=O)N(Cc2ccc(Cl)cc2)C(C)C(=O)NC(C)CC)S(=O)(=O)c2ccc(F)cc2)cc1. The zero-order chi connectivity index (χ0) is 30.2. The van der Waals surface area contributed by atoms with Crippen LogP contribution in [0, 0.1) is 5.82 Å². The third-order valence-corrected chi connectivity index (χ3v) is 8.59. The van der Waals surface area contributed by atoms with Crippen molar-refractivity contribution in [1.29, 1.82) is 0 Å². The number of hydrogen-bond donors (Lipinski definition) is 1. The van der Waals surface area contributed by atoms with Crippen LogP contribution in [0.3, 0.4) is 0 Å². The average Bonchev–Trinajstić information content (AvgIpc) is 2.95. The molecule has 3 rings (SSSR count). The second-order valence-corrected chi connectivity index (χ2v) is 11.8. The van der Waals surface area contributed by atoms with Crippen molar-refractivity contribution in [2.75, 3.05) is 17.5 Å². The molecule has 0 aliphatic heterocycles. The predicted molar refractivity (Wildman–Crippen MR) is 158 cm³/mol. The van der Waals surface area contributed by atoms with Crippen LogP contribution in [0.15, 0.2) is 77.7 Å². The van der Waals surface area contributed by atoms with Gasteiger partial charge in [-0.15, -0.1) is 0 Å². The van der Waals surface area contributed by atoms with E-state index in [2.05, 4.69) is 5.32 Å². The fourth-order valence-corrected chi connectivity index (χ4v) is 5.51. The molecule has 0 aliphatic carbocycles. The Labute approximate surface area is 246 Å². The van der Waals surface area contributed by atoms with Gasteiger partial charge in [-0.1, -0.05) is 30.7 Å². The third-order valence-electron chi connectivity index (χ3n) is 6.55. The van der Waals surface area contributed by atoms with Gasteiger partial charge in [0.05, 0.1) is 17.2 Å². The summed E-state index contributed by atoms with van der Waals surface area (Å²) in [5.41, 5.74) is 0.911. The fourth-order valence-electron chi connectivity index (χ4n) is 3.97. The topological polar surface area (TPSA) is 96.0 Å². The van der Waals surface area contributed by atoms with Crippen molar-refractivity contribution in [3.8, 4) is 5.75 Å². The summed E-state index contributed by atoms with van der Waals surface area (Å²) in [6, 6.07) is 16.4. The maximum atomic E-state index is 13.9. The Balaban J connectivity index is 2.02. The largest absolute Gasteiger partial charge is 0.494 e. The average molecular weight is 604 g/mol. The van der Waals surface area contributed by atoms with Crippen LogP contribution in [0.4, 0.5) is 10.1 Å². The highest BCUT2D eigenvalue weighted by Gasteiger charge is 2.33. The first kappa shape index (κ1) is 31.9. The van der Waals surface area contributed by atoms with Crippen LogP contribution in [0.1, 0.15) is 39.7 Å². The molecule has 3 aromatic rings. The predicted octanol–water partition coefficient (Wildman–Crippen LogP) is 5.41. The standard InChI is InChI=1S/C30H35ClFN3O5S/c1-5-21(3)33-30(37)22(4)34(19-23-7-9-24(31)10-8-23)29(36)20-35(26-13-15-27(16-14-26)40-6-2)41(38,39)28-17-11-25(32)12-18-28/h7-18,21-22H,5-6,19-20H2,1-4H3,(H,33,37). The molecular formula is C30H35ClFN3O5S. The molecule has 8 nitrogen and oxygen atoms in total. The molecule has 0 fully saturated rings. The lowest BCUT2D eigenvalue weighted by Crippen LogP contribution is -2.52. The van der Waals surface area contributed by atoms with Crippen molar-refractivity contribution in [1.82, 2.24) is 10.2 Å². The number of halogens is 2. The number of rotatable bonds is 13. The molecule has 0 bridgehead atoms. The van der Waals surface area contributed by atoms with E-state index in [-0.39, 0.29) is 29.1 Å². The van der Waals surface area contributed by atoms with Crippen LogP contribution in [0.2, 0.25) is 5.02 Å². The number of carbonyl (C=O) groups excluding carboxylic acids is 2. The van der Waals surface area contributed by atoms with E-state index in [1.165, 1.54) is 17.0 Å². The van der Waals surface area contributed by atoms with E-state index in [0.29, 0.717) is 29.4 Å². The molecule has 0 aliphatic rings. The summed E-state index contributed by atoms with van der Waals surface area (Å²) in [5.74, 6) is -1.04. The van der Waals surface area contributed by atoms with Crippen molar-refractivity contribution in [3.63, 3.8) is 0 Å². The minimum atomic E-state index is -4.31. The highest BCUT2D eigenvalue weighted by Crippen LogP contribution is 2.27. The molecule has 220 valence electrons. The Morgan fingerprint density at radius 3 is 2.12 bits per heavy atom. The van der Waals surface area contributed by atoms with Crippen molar-refractivity contribution in [3.05, 3.63) is 89.2 Å². The van der Waals surface area contributed by atoms with Gasteiger partial charge in [-0.05, 0) is 93.4 Å². The molecule has 2 unspecified atom stereocenters. The second-order valence-electron chi connectivity index (χ2n) is 9.53. The van der Waals surface area contributed by atoms with Crippen LogP contribution in [-0.4, -0.2) is 50.4 Å². The van der Waals surface area contributed by atoms with Crippen LogP contribution in [0.25, 0.3) is 0 Å². The van der Waals surface area contributed by atoms with E-state index >= 15 is 0 Å². The number of benzene rings is 3. The Hall–Kier alpha value is -3.63. The molecule has 3 aromatic carbocycles. The van der Waals surface area contributed by atoms with Gasteiger partial charge in [0.15, 0.2) is 0 Å². The first-order chi connectivity index (χ1) is 19.5. The molecule has 2 atom stereocenters. The molecule has 0 saturated heterocycles. The lowest BCUT2D eigenvalue weighted by atomic mass is 10.1. The van der Waals surface area contributed by atoms with Gasteiger partial charge >= 0.3 is 0 Å². The minimum Gasteiger partial charge on any atom is -0.494 e. The van der Waals surface area contributed by atoms with Gasteiger partial charge in [0.2, 0.25) is 11.8 Å². The molecular weight excluding hydrogens is 569 g/mol. The maximum Gasteiger partial charge on any atom is 0.264 e. The summed E-state index contributed by atoms with van der Waals surface area (Å²) in [6.45, 7) is 7.07. The van der Waals surface area contributed by atoms with Gasteiger partial charge < -0.3 is 15.0 Å². The molecule has 0 aromatic heterocycles. The molecule has 41 heavy (non-hydrogen) atoms. The lowest BCUT2D eigenvalue weighted by Gasteiger charge is -2.32. The number of hydrogen-bond acceptors (Lipinski definition) is 5. The number of amides is 2. The summed E-state index contributed by atoms with van der Waals surface area (Å²) in [5, 5.41) is 3.40. The normalized spacial score (nSPS) is 12.7. The molecule has 0 saturated carbocycles. The van der Waals surface area contributed by atoms with Crippen molar-refractivity contribution >= 4 is 39.1 Å². The van der Waals surface area contributed by atoms with Crippen LogP contribution in [0.5, 0.6) is 5.75 Å². The summed E-state index contributed by atoms with van der Waals surface area (Å²) in [7, 11) is -4.31. The number of anilines is 1. The lowest BCUT2D eigenvalue weighted by molar-refractivity contribution is -0.139. The summed E-state index contributed by atoms with van der Waals surface area (Å²) in [4.78, 5) is 28.2. The molecule has 0 spiro atoms. The highest BCUT2D eigenvalue weighted by molar-refractivity contribution is 7.92. The Morgan fingerprint density at radius 2 is 1.56 bits per heavy atom. The second kappa shape index (κ2) is 14.3. The van der Waals surface area contributed by atoms with E-state index in [9.17, 15) is 22.4 Å². The van der Waals surface area contributed by atoms with E-state index in [4.69, 9.17) is 16.3 Å². The molecule has 1 N–H and O–H groups in total. The fraction of sp³-hybridized carbons (Fsp3) is 0.333. The zero-order valence-electron chi connectivity index (χ0n) is 23.5. The zero-order valence-corrected chi connectivity index (χ0v) is 25.1. The summed E-state index contributed by atoms with van der Waals surface area (Å²) < 4.78 is 47.7. The smallest absolute Gasteiger partial charge is 0.264 e. The maximum absolute atomic E-state index is 13.9. The van der Waals surface area contributed by atoms with Gasteiger partial charge in [0, 0.05) is 17.6 Å². The van der Waals surface area contributed by atoms with Crippen molar-refractivity contribution in [2.45, 2.75) is 57.6 Å². The first-order valence-electron chi connectivity index (χ1n) is 13.3. The number of carbonyl (C=O) groups is 2. The minimum absolute atomic E-state index is 0.0405. The number of sulfonamides is 1. The van der Waals surface area contributed by atoms with Crippen molar-refractivity contribution in [2.24, 2.45) is 0 Å². The van der Waals surface area contributed by atoms with Gasteiger partial charge in [-0.3, -0.25) is 13.9 Å². The van der Waals surface area contributed by atoms with Gasteiger partial charge in [-0.2, -0.15) is 0 Å². The van der Waals surface area contributed by atoms with Crippen LogP contribution in [-0.2, 0) is 26.2 Å². The molecule has 2 amide bonds. The van der Waals surface area contributed by atoms with E-state index in [1.54, 1.807) is 43.3 Å². The van der Waals surface area contributed by atoms with E-state index in [1.807, 2.05) is 20.8 Å². The van der Waals surface area contributed by atoms with E-state index < -0.39 is 34.3 Å². The highest BCUT2D eigenvalue weighted by atomic mass is 35.5. The number of nitrogens with zero attached hydrogens (tertiary/aromatic N) is 2. The van der Waals surface area contributed by atoms with Gasteiger partial charge in [0.1, 0.15) is 24.2 Å². The van der Waals surface area contributed by atoms with Gasteiger partial charge in [-0.25, -0.2) is 12.8 Å². The number of nitrogens with one attached hydrogen (secondary N) is 1. The Kier molecular flexibility index (Phi) is 11.1.